The summed E-state index contributed by atoms with van der Waals surface area (Å²) in [5, 5.41) is 8.53. The Labute approximate surface area is 140 Å². The van der Waals surface area contributed by atoms with Crippen LogP contribution in [0.3, 0.4) is 0 Å². The zero-order valence-electron chi connectivity index (χ0n) is 13.2. The van der Waals surface area contributed by atoms with Gasteiger partial charge >= 0.3 is 0 Å². The van der Waals surface area contributed by atoms with Crippen LogP contribution < -0.4 is 0 Å². The van der Waals surface area contributed by atoms with Gasteiger partial charge in [-0.25, -0.2) is 0 Å². The highest BCUT2D eigenvalue weighted by molar-refractivity contribution is 5.92. The van der Waals surface area contributed by atoms with E-state index in [0.717, 1.165) is 36.4 Å². The molecule has 4 rings (SSSR count). The smallest absolute Gasteiger partial charge is 0.247 e. The van der Waals surface area contributed by atoms with E-state index in [1.54, 1.807) is 6.08 Å². The van der Waals surface area contributed by atoms with Crippen LogP contribution in [-0.2, 0) is 4.79 Å². The van der Waals surface area contributed by atoms with Crippen LogP contribution in [0.4, 0.5) is 0 Å². The molecule has 3 heterocycles. The van der Waals surface area contributed by atoms with Crippen LogP contribution in [0, 0.1) is 0 Å². The summed E-state index contributed by atoms with van der Waals surface area (Å²) in [5.41, 5.74) is 1.83. The first-order chi connectivity index (χ1) is 11.8. The summed E-state index contributed by atoms with van der Waals surface area (Å²) in [6.45, 7) is 0.754. The lowest BCUT2D eigenvalue weighted by atomic mass is 10.2. The monoisotopic (exact) mass is 318 g/mol. The Morgan fingerprint density at radius 3 is 2.79 bits per heavy atom. The Balaban J connectivity index is 1.58. The second-order valence-corrected chi connectivity index (χ2v) is 5.92. The largest absolute Gasteiger partial charge is 0.329 e. The predicted octanol–water partition coefficient (Wildman–Crippen LogP) is 3.11. The second-order valence-electron chi connectivity index (χ2n) is 5.92. The molecule has 0 N–H and O–H groups in total. The molecule has 0 bridgehead atoms. The molecule has 3 aromatic rings. The number of rotatable bonds is 3. The van der Waals surface area contributed by atoms with Gasteiger partial charge in [0.05, 0.1) is 6.04 Å². The number of fused-ring (bicyclic) bond motifs is 1. The molecule has 1 unspecified atom stereocenters. The molecule has 0 saturated carbocycles. The van der Waals surface area contributed by atoms with Crippen molar-refractivity contribution in [1.29, 1.82) is 0 Å². The molecule has 1 aliphatic rings. The molecule has 5 nitrogen and oxygen atoms in total. The van der Waals surface area contributed by atoms with Crippen molar-refractivity contribution >= 4 is 17.6 Å². The number of nitrogens with zero attached hydrogens (tertiary/aromatic N) is 4. The van der Waals surface area contributed by atoms with Gasteiger partial charge in [0.1, 0.15) is 0 Å². The quantitative estimate of drug-likeness (QED) is 0.697. The zero-order chi connectivity index (χ0) is 16.4. The predicted molar refractivity (Wildman–Crippen MR) is 92.2 cm³/mol. The summed E-state index contributed by atoms with van der Waals surface area (Å²) < 4.78 is 1.97. The Morgan fingerprint density at radius 2 is 1.92 bits per heavy atom. The number of hydrogen-bond acceptors (Lipinski definition) is 3. The van der Waals surface area contributed by atoms with Gasteiger partial charge in [-0.1, -0.05) is 36.4 Å². The Kier molecular flexibility index (Phi) is 3.83. The van der Waals surface area contributed by atoms with E-state index in [-0.39, 0.29) is 11.9 Å². The van der Waals surface area contributed by atoms with Gasteiger partial charge in [-0.3, -0.25) is 9.20 Å². The number of hydrogen-bond donors (Lipinski definition) is 0. The normalized spacial score (nSPS) is 17.8. The Morgan fingerprint density at radius 1 is 1.08 bits per heavy atom. The van der Waals surface area contributed by atoms with Crippen LogP contribution in [-0.4, -0.2) is 31.9 Å². The molecule has 1 aliphatic heterocycles. The molecule has 1 atom stereocenters. The molecular formula is C19H18N4O. The van der Waals surface area contributed by atoms with Gasteiger partial charge in [0.2, 0.25) is 5.91 Å². The van der Waals surface area contributed by atoms with Crippen molar-refractivity contribution in [3.05, 3.63) is 72.2 Å². The van der Waals surface area contributed by atoms with Crippen molar-refractivity contribution in [2.75, 3.05) is 6.54 Å². The van der Waals surface area contributed by atoms with E-state index in [4.69, 9.17) is 0 Å². The average molecular weight is 318 g/mol. The van der Waals surface area contributed by atoms with Gasteiger partial charge in [-0.2, -0.15) is 0 Å². The van der Waals surface area contributed by atoms with Crippen LogP contribution in [0.5, 0.6) is 0 Å². The lowest BCUT2D eigenvalue weighted by Crippen LogP contribution is -2.30. The van der Waals surface area contributed by atoms with Crippen LogP contribution in [0.25, 0.3) is 11.7 Å². The highest BCUT2D eigenvalue weighted by Gasteiger charge is 2.32. The third-order valence-corrected chi connectivity index (χ3v) is 4.39. The maximum absolute atomic E-state index is 12.6. The number of amides is 1. The Bertz CT molecular complexity index is 885. The number of likely N-dealkylation sites (tertiary alicyclic amines) is 1. The van der Waals surface area contributed by atoms with Crippen molar-refractivity contribution < 1.29 is 4.79 Å². The molecule has 0 aliphatic carbocycles. The number of pyridine rings is 1. The van der Waals surface area contributed by atoms with Gasteiger partial charge in [-0.05, 0) is 36.6 Å². The highest BCUT2D eigenvalue weighted by Crippen LogP contribution is 2.31. The van der Waals surface area contributed by atoms with Crippen molar-refractivity contribution in [1.82, 2.24) is 19.5 Å². The summed E-state index contributed by atoms with van der Waals surface area (Å²) in [6.07, 6.45) is 7.36. The van der Waals surface area contributed by atoms with E-state index in [2.05, 4.69) is 10.2 Å². The minimum atomic E-state index is -0.0182. The molecule has 1 saturated heterocycles. The second kappa shape index (κ2) is 6.28. The first kappa shape index (κ1) is 14.6. The topological polar surface area (TPSA) is 50.5 Å². The van der Waals surface area contributed by atoms with Gasteiger partial charge < -0.3 is 4.90 Å². The number of carbonyl (C=O) groups is 1. The maximum Gasteiger partial charge on any atom is 0.247 e. The highest BCUT2D eigenvalue weighted by atomic mass is 16.2. The van der Waals surface area contributed by atoms with E-state index in [1.807, 2.05) is 70.1 Å². The summed E-state index contributed by atoms with van der Waals surface area (Å²) in [7, 11) is 0. The minimum absolute atomic E-state index is 0.0182. The number of benzene rings is 1. The molecule has 1 amide bonds. The van der Waals surface area contributed by atoms with Crippen LogP contribution >= 0.6 is 0 Å². The molecule has 0 radical (unpaired) electrons. The fourth-order valence-electron chi connectivity index (χ4n) is 3.21. The first-order valence-corrected chi connectivity index (χ1v) is 8.16. The molecular weight excluding hydrogens is 300 g/mol. The fourth-order valence-corrected chi connectivity index (χ4v) is 3.21. The van der Waals surface area contributed by atoms with Crippen molar-refractivity contribution in [3.63, 3.8) is 0 Å². The summed E-state index contributed by atoms with van der Waals surface area (Å²) in [5.74, 6) is 0.860. The van der Waals surface area contributed by atoms with Gasteiger partial charge in [0, 0.05) is 18.8 Å². The molecule has 24 heavy (non-hydrogen) atoms. The van der Waals surface area contributed by atoms with Gasteiger partial charge in [0.15, 0.2) is 11.5 Å². The van der Waals surface area contributed by atoms with Gasteiger partial charge in [0.25, 0.3) is 0 Å². The van der Waals surface area contributed by atoms with E-state index in [1.165, 1.54) is 0 Å². The lowest BCUT2D eigenvalue weighted by molar-refractivity contribution is -0.127. The SMILES string of the molecule is O=C(C=Cc1ccccc1)N1CCCC1c1nnc2ccccn12. The molecule has 0 spiro atoms. The van der Waals surface area contributed by atoms with Gasteiger partial charge in [-0.15, -0.1) is 10.2 Å². The zero-order valence-corrected chi connectivity index (χ0v) is 13.2. The van der Waals surface area contributed by atoms with Crippen LogP contribution in [0.15, 0.2) is 60.8 Å². The average Bonchev–Trinajstić information content (AvgIpc) is 3.27. The summed E-state index contributed by atoms with van der Waals surface area (Å²) in [6, 6.07) is 15.7. The third-order valence-electron chi connectivity index (χ3n) is 4.39. The molecule has 120 valence electrons. The standard InChI is InChI=1S/C19H18N4O/c24-18(12-11-15-7-2-1-3-8-15)22-14-6-9-16(22)19-21-20-17-10-4-5-13-23(17)19/h1-5,7-8,10-13,16H,6,9,14H2. The van der Waals surface area contributed by atoms with Crippen LogP contribution in [0.1, 0.15) is 30.3 Å². The summed E-state index contributed by atoms with van der Waals surface area (Å²) in [4.78, 5) is 14.5. The number of aromatic nitrogens is 3. The van der Waals surface area contributed by atoms with Crippen molar-refractivity contribution in [2.45, 2.75) is 18.9 Å². The van der Waals surface area contributed by atoms with E-state index in [9.17, 15) is 4.79 Å². The first-order valence-electron chi connectivity index (χ1n) is 8.16. The van der Waals surface area contributed by atoms with Crippen molar-refractivity contribution in [3.8, 4) is 0 Å². The number of carbonyl (C=O) groups excluding carboxylic acids is 1. The molecule has 1 fully saturated rings. The maximum atomic E-state index is 12.6. The summed E-state index contributed by atoms with van der Waals surface area (Å²) >= 11 is 0. The lowest BCUT2D eigenvalue weighted by Gasteiger charge is -2.22. The molecule has 1 aromatic carbocycles. The molecule has 5 heteroatoms. The Hall–Kier alpha value is -2.95. The minimum Gasteiger partial charge on any atom is -0.329 e. The van der Waals surface area contributed by atoms with Crippen molar-refractivity contribution in [2.24, 2.45) is 0 Å². The van der Waals surface area contributed by atoms with E-state index < -0.39 is 0 Å². The fraction of sp³-hybridized carbons (Fsp3) is 0.211. The van der Waals surface area contributed by atoms with Crippen LogP contribution in [0.2, 0.25) is 0 Å². The van der Waals surface area contributed by atoms with E-state index in [0.29, 0.717) is 0 Å². The van der Waals surface area contributed by atoms with E-state index >= 15 is 0 Å². The molecule has 2 aromatic heterocycles. The third kappa shape index (κ3) is 2.69.